The molecular weight excluding hydrogens is 396 g/mol. The lowest BCUT2D eigenvalue weighted by atomic mass is 10.2. The molecule has 0 unspecified atom stereocenters. The van der Waals surface area contributed by atoms with E-state index >= 15 is 0 Å². The van der Waals surface area contributed by atoms with Crippen molar-refractivity contribution in [3.63, 3.8) is 0 Å². The molecule has 0 aliphatic carbocycles. The number of nitrogens with zero attached hydrogens (tertiary/aromatic N) is 3. The minimum Gasteiger partial charge on any atom is -0.340 e. The predicted molar refractivity (Wildman–Crippen MR) is 121 cm³/mol. The van der Waals surface area contributed by atoms with Crippen molar-refractivity contribution in [3.05, 3.63) is 59.6 Å². The molecule has 1 fully saturated rings. The number of thiazole rings is 1. The van der Waals surface area contributed by atoms with Crippen LogP contribution in [0.3, 0.4) is 0 Å². The number of fused-ring (bicyclic) bond motifs is 1. The molecule has 30 heavy (non-hydrogen) atoms. The summed E-state index contributed by atoms with van der Waals surface area (Å²) in [5, 5.41) is 4.01. The third kappa shape index (κ3) is 5.43. The maximum Gasteiger partial charge on any atom is 0.238 e. The molecule has 1 aromatic heterocycles. The van der Waals surface area contributed by atoms with E-state index in [-0.39, 0.29) is 11.8 Å². The van der Waals surface area contributed by atoms with Crippen molar-refractivity contribution in [1.29, 1.82) is 0 Å². The molecule has 3 aromatic rings. The van der Waals surface area contributed by atoms with Gasteiger partial charge in [-0.15, -0.1) is 11.3 Å². The van der Waals surface area contributed by atoms with Gasteiger partial charge < -0.3 is 10.2 Å². The van der Waals surface area contributed by atoms with Crippen LogP contribution in [-0.4, -0.2) is 59.3 Å². The summed E-state index contributed by atoms with van der Waals surface area (Å²) < 4.78 is 1.20. The van der Waals surface area contributed by atoms with E-state index in [2.05, 4.69) is 21.3 Å². The van der Waals surface area contributed by atoms with Crippen molar-refractivity contribution in [3.8, 4) is 0 Å². The highest BCUT2D eigenvalue weighted by molar-refractivity contribution is 7.18. The third-order valence-corrected chi connectivity index (χ3v) is 6.37. The number of nitrogens with one attached hydrogen (secondary N) is 1. The molecule has 2 amide bonds. The maximum atomic E-state index is 12.5. The lowest BCUT2D eigenvalue weighted by molar-refractivity contribution is -0.133. The van der Waals surface area contributed by atoms with Gasteiger partial charge >= 0.3 is 0 Å². The second-order valence-corrected chi connectivity index (χ2v) is 8.62. The van der Waals surface area contributed by atoms with Crippen LogP contribution >= 0.6 is 11.3 Å². The smallest absolute Gasteiger partial charge is 0.238 e. The highest BCUT2D eigenvalue weighted by atomic mass is 32.1. The van der Waals surface area contributed by atoms with E-state index < -0.39 is 0 Å². The summed E-state index contributed by atoms with van der Waals surface area (Å²) in [6, 6.07) is 17.6. The molecule has 0 saturated carbocycles. The Morgan fingerprint density at radius 2 is 1.70 bits per heavy atom. The van der Waals surface area contributed by atoms with Crippen molar-refractivity contribution in [2.24, 2.45) is 0 Å². The second kappa shape index (κ2) is 9.82. The Bertz CT molecular complexity index is 964. The third-order valence-electron chi connectivity index (χ3n) is 5.27. The normalized spacial score (nSPS) is 14.7. The molecule has 2 heterocycles. The zero-order valence-electron chi connectivity index (χ0n) is 16.9. The number of aromatic nitrogens is 1. The van der Waals surface area contributed by atoms with E-state index in [1.807, 2.05) is 53.4 Å². The molecule has 6 nitrogen and oxygen atoms in total. The maximum absolute atomic E-state index is 12.5. The van der Waals surface area contributed by atoms with Crippen molar-refractivity contribution in [2.75, 3.05) is 38.0 Å². The molecule has 0 radical (unpaired) electrons. The van der Waals surface area contributed by atoms with Crippen LogP contribution in [-0.2, 0) is 16.0 Å². The fourth-order valence-electron chi connectivity index (χ4n) is 3.66. The van der Waals surface area contributed by atoms with Crippen LogP contribution in [0.5, 0.6) is 0 Å². The first-order chi connectivity index (χ1) is 14.7. The first-order valence-electron chi connectivity index (χ1n) is 10.4. The van der Waals surface area contributed by atoms with E-state index in [4.69, 9.17) is 0 Å². The van der Waals surface area contributed by atoms with Crippen LogP contribution in [0.2, 0.25) is 0 Å². The fraction of sp³-hybridized carbons (Fsp3) is 0.348. The van der Waals surface area contributed by atoms with Gasteiger partial charge in [0.15, 0.2) is 0 Å². The van der Waals surface area contributed by atoms with Crippen molar-refractivity contribution < 1.29 is 9.59 Å². The zero-order chi connectivity index (χ0) is 20.8. The molecule has 1 N–H and O–H groups in total. The Hall–Kier alpha value is -2.77. The average molecular weight is 423 g/mol. The number of anilines is 1. The first kappa shape index (κ1) is 20.5. The number of benzene rings is 2. The van der Waals surface area contributed by atoms with E-state index in [9.17, 15) is 9.59 Å². The van der Waals surface area contributed by atoms with Gasteiger partial charge in [-0.05, 0) is 37.1 Å². The quantitative estimate of drug-likeness (QED) is 0.634. The molecular formula is C23H26N4O2S. The Morgan fingerprint density at radius 1 is 0.967 bits per heavy atom. The van der Waals surface area contributed by atoms with Gasteiger partial charge in [-0.1, -0.05) is 30.3 Å². The van der Waals surface area contributed by atoms with Gasteiger partial charge in [-0.25, -0.2) is 4.98 Å². The second-order valence-electron chi connectivity index (χ2n) is 7.50. The van der Waals surface area contributed by atoms with Gasteiger partial charge in [0.1, 0.15) is 0 Å². The molecule has 7 heteroatoms. The van der Waals surface area contributed by atoms with E-state index in [1.54, 1.807) is 11.3 Å². The predicted octanol–water partition coefficient (Wildman–Crippen LogP) is 3.40. The molecule has 0 atom stereocenters. The highest BCUT2D eigenvalue weighted by Gasteiger charge is 2.22. The van der Waals surface area contributed by atoms with Crippen LogP contribution in [0.4, 0.5) is 5.69 Å². The Morgan fingerprint density at radius 3 is 2.47 bits per heavy atom. The lowest BCUT2D eigenvalue weighted by Crippen LogP contribution is -2.50. The van der Waals surface area contributed by atoms with Crippen LogP contribution in [0.1, 0.15) is 17.8 Å². The average Bonchev–Trinajstić information content (AvgIpc) is 3.17. The lowest BCUT2D eigenvalue weighted by Gasteiger charge is -2.34. The number of hydrogen-bond acceptors (Lipinski definition) is 5. The first-order valence-corrected chi connectivity index (χ1v) is 11.2. The molecule has 4 rings (SSSR count). The number of carbonyl (C=O) groups excluding carboxylic acids is 2. The summed E-state index contributed by atoms with van der Waals surface area (Å²) >= 11 is 1.71. The number of piperazine rings is 1. The summed E-state index contributed by atoms with van der Waals surface area (Å²) in [6.07, 6.45) is 2.20. The number of hydrogen-bond donors (Lipinski definition) is 1. The van der Waals surface area contributed by atoms with E-state index in [1.165, 1.54) is 4.70 Å². The number of aryl methyl sites for hydroxylation is 1. The van der Waals surface area contributed by atoms with Crippen molar-refractivity contribution in [2.45, 2.75) is 19.3 Å². The standard InChI is InChI=1S/C23H26N4O2S/c28-21(24-18-7-2-1-3-8-18)17-26-13-15-27(16-14-26)23(29)12-6-11-22-25-19-9-4-5-10-20(19)30-22/h1-5,7-10H,6,11-17H2,(H,24,28). The van der Waals surface area contributed by atoms with Crippen molar-refractivity contribution in [1.82, 2.24) is 14.8 Å². The summed E-state index contributed by atoms with van der Waals surface area (Å²) in [7, 11) is 0. The highest BCUT2D eigenvalue weighted by Crippen LogP contribution is 2.22. The molecule has 0 bridgehead atoms. The zero-order valence-corrected chi connectivity index (χ0v) is 17.7. The van der Waals surface area contributed by atoms with E-state index in [0.717, 1.165) is 42.1 Å². The van der Waals surface area contributed by atoms with E-state index in [0.29, 0.717) is 26.1 Å². The minimum absolute atomic E-state index is 0.0168. The summed E-state index contributed by atoms with van der Waals surface area (Å²) in [6.45, 7) is 3.17. The van der Waals surface area contributed by atoms with Gasteiger partial charge in [-0.3, -0.25) is 14.5 Å². The topological polar surface area (TPSA) is 65.5 Å². The molecule has 1 aliphatic rings. The molecule has 0 spiro atoms. The Kier molecular flexibility index (Phi) is 6.71. The monoisotopic (exact) mass is 422 g/mol. The van der Waals surface area contributed by atoms with Gasteiger partial charge in [0.05, 0.1) is 21.8 Å². The summed E-state index contributed by atoms with van der Waals surface area (Å²) in [5.74, 6) is 0.182. The number of rotatable bonds is 7. The van der Waals surface area contributed by atoms with Gasteiger partial charge in [0.2, 0.25) is 11.8 Å². The van der Waals surface area contributed by atoms with Gasteiger partial charge in [0, 0.05) is 38.3 Å². The number of para-hydroxylation sites is 2. The molecule has 1 saturated heterocycles. The Labute approximate surface area is 180 Å². The molecule has 156 valence electrons. The van der Waals surface area contributed by atoms with Crippen LogP contribution in [0.15, 0.2) is 54.6 Å². The Balaban J connectivity index is 1.16. The minimum atomic E-state index is -0.0168. The van der Waals surface area contributed by atoms with Crippen LogP contribution in [0, 0.1) is 0 Å². The summed E-state index contributed by atoms with van der Waals surface area (Å²) in [5.41, 5.74) is 1.85. The summed E-state index contributed by atoms with van der Waals surface area (Å²) in [4.78, 5) is 33.4. The molecule has 2 aromatic carbocycles. The van der Waals surface area contributed by atoms with Crippen molar-refractivity contribution >= 4 is 39.1 Å². The number of carbonyl (C=O) groups is 2. The van der Waals surface area contributed by atoms with Gasteiger partial charge in [-0.2, -0.15) is 0 Å². The van der Waals surface area contributed by atoms with Crippen LogP contribution in [0.25, 0.3) is 10.2 Å². The van der Waals surface area contributed by atoms with Crippen LogP contribution < -0.4 is 5.32 Å². The fourth-order valence-corrected chi connectivity index (χ4v) is 4.67. The van der Waals surface area contributed by atoms with Gasteiger partial charge in [0.25, 0.3) is 0 Å². The SMILES string of the molecule is O=C(CN1CCN(C(=O)CCCc2nc3ccccc3s2)CC1)Nc1ccccc1. The molecule has 1 aliphatic heterocycles. The number of amides is 2. The largest absolute Gasteiger partial charge is 0.340 e.